The van der Waals surface area contributed by atoms with Crippen LogP contribution >= 0.6 is 0 Å². The summed E-state index contributed by atoms with van der Waals surface area (Å²) in [6.07, 6.45) is 1.57. The molecule has 0 spiro atoms. The molecule has 4 heteroatoms. The molecule has 6 rings (SSSR count). The average molecular weight is 725 g/mol. The molecule has 0 fully saturated rings. The summed E-state index contributed by atoms with van der Waals surface area (Å²) < 4.78 is 0. The van der Waals surface area contributed by atoms with E-state index in [1.807, 2.05) is 76.2 Å². The molecule has 0 aromatic heterocycles. The fourth-order valence-corrected chi connectivity index (χ4v) is 5.93. The first-order chi connectivity index (χ1) is 25.3. The van der Waals surface area contributed by atoms with Gasteiger partial charge in [-0.15, -0.1) is 0 Å². The molecule has 0 atom stereocenters. The van der Waals surface area contributed by atoms with Gasteiger partial charge in [0.1, 0.15) is 23.0 Å². The average Bonchev–Trinajstić information content (AvgIpc) is 3.10. The topological polar surface area (TPSA) is 80.9 Å². The van der Waals surface area contributed by atoms with E-state index >= 15 is 0 Å². The standard InChI is InChI=1S/2C15H16O2.2C10H14/c1-10-7-12(3-5-14(10)16)9-13-4-6-15(17)11(2)8-13;1-10-3-4-13(9-15(10)17)8-12-5-6-14(16)11(2)7-12;2*1-7-5-9(3)10(4)6-8(7)2/h3-8,16-17H,9H2,1-2H3;3-7,9,16-17H,8H2,1-2H3;2*5-6H,1-4H3. The number of benzene rings is 6. The quantitative estimate of drug-likeness (QED) is 0.146. The van der Waals surface area contributed by atoms with Gasteiger partial charge in [0.25, 0.3) is 0 Å². The van der Waals surface area contributed by atoms with Crippen LogP contribution in [0, 0.1) is 83.1 Å². The van der Waals surface area contributed by atoms with Gasteiger partial charge in [0.05, 0.1) is 0 Å². The zero-order valence-electron chi connectivity index (χ0n) is 34.4. The lowest BCUT2D eigenvalue weighted by atomic mass is 10.0. The molecule has 6 aromatic carbocycles. The van der Waals surface area contributed by atoms with Gasteiger partial charge in [0, 0.05) is 0 Å². The second kappa shape index (κ2) is 19.6. The first-order valence-corrected chi connectivity index (χ1v) is 18.6. The number of phenols is 4. The molecule has 0 radical (unpaired) electrons. The Bertz CT molecular complexity index is 1840. The van der Waals surface area contributed by atoms with E-state index in [9.17, 15) is 20.4 Å². The number of rotatable bonds is 4. The van der Waals surface area contributed by atoms with Gasteiger partial charge in [-0.1, -0.05) is 72.8 Å². The van der Waals surface area contributed by atoms with Crippen molar-refractivity contribution in [1.29, 1.82) is 0 Å². The minimum Gasteiger partial charge on any atom is -0.508 e. The smallest absolute Gasteiger partial charge is 0.118 e. The number of hydrogen-bond donors (Lipinski definition) is 4. The van der Waals surface area contributed by atoms with Crippen molar-refractivity contribution in [2.45, 2.75) is 95.9 Å². The van der Waals surface area contributed by atoms with Gasteiger partial charge in [0.15, 0.2) is 0 Å². The molecule has 0 aliphatic carbocycles. The normalized spacial score (nSPS) is 10.3. The largest absolute Gasteiger partial charge is 0.508 e. The number of aromatic hydroxyl groups is 4. The Morgan fingerprint density at radius 2 is 0.481 bits per heavy atom. The summed E-state index contributed by atoms with van der Waals surface area (Å²) in [6, 6.07) is 31.5. The molecular weight excluding hydrogens is 665 g/mol. The molecule has 0 saturated heterocycles. The van der Waals surface area contributed by atoms with Crippen LogP contribution in [0.4, 0.5) is 0 Å². The van der Waals surface area contributed by atoms with Crippen LogP contribution in [0.15, 0.2) is 97.1 Å². The predicted molar refractivity (Wildman–Crippen MR) is 228 cm³/mol. The van der Waals surface area contributed by atoms with Gasteiger partial charge in [-0.25, -0.2) is 0 Å². The molecule has 0 aliphatic heterocycles. The third-order valence-corrected chi connectivity index (χ3v) is 10.1. The lowest BCUT2D eigenvalue weighted by Crippen LogP contribution is -1.90. The van der Waals surface area contributed by atoms with Crippen molar-refractivity contribution < 1.29 is 20.4 Å². The third kappa shape index (κ3) is 12.9. The number of aryl methyl sites for hydroxylation is 12. The van der Waals surface area contributed by atoms with Crippen molar-refractivity contribution >= 4 is 0 Å². The van der Waals surface area contributed by atoms with Crippen LogP contribution in [0.1, 0.15) is 89.0 Å². The van der Waals surface area contributed by atoms with Crippen molar-refractivity contribution in [3.05, 3.63) is 186 Å². The second-order valence-electron chi connectivity index (χ2n) is 14.9. The Kier molecular flexibility index (Phi) is 15.5. The Morgan fingerprint density at radius 3 is 0.722 bits per heavy atom. The van der Waals surface area contributed by atoms with Crippen molar-refractivity contribution in [3.8, 4) is 23.0 Å². The molecule has 4 N–H and O–H groups in total. The lowest BCUT2D eigenvalue weighted by Gasteiger charge is -2.06. The molecule has 0 saturated carbocycles. The van der Waals surface area contributed by atoms with Crippen molar-refractivity contribution in [3.63, 3.8) is 0 Å². The van der Waals surface area contributed by atoms with Gasteiger partial charge in [-0.05, 0) is 209 Å². The van der Waals surface area contributed by atoms with Crippen LogP contribution in [0.5, 0.6) is 23.0 Å². The van der Waals surface area contributed by atoms with Gasteiger partial charge in [-0.3, -0.25) is 0 Å². The zero-order chi connectivity index (χ0) is 40.3. The second-order valence-corrected chi connectivity index (χ2v) is 14.9. The Labute approximate surface area is 324 Å². The van der Waals surface area contributed by atoms with E-state index in [1.165, 1.54) is 44.5 Å². The number of hydrogen-bond acceptors (Lipinski definition) is 4. The zero-order valence-corrected chi connectivity index (χ0v) is 34.4. The minimum absolute atomic E-state index is 0.320. The van der Waals surface area contributed by atoms with E-state index in [2.05, 4.69) is 79.7 Å². The third-order valence-electron chi connectivity index (χ3n) is 10.1. The summed E-state index contributed by atoms with van der Waals surface area (Å²) in [7, 11) is 0. The van der Waals surface area contributed by atoms with Crippen LogP contribution in [-0.2, 0) is 12.8 Å². The fraction of sp³-hybridized carbons (Fsp3) is 0.280. The van der Waals surface area contributed by atoms with Crippen LogP contribution in [0.3, 0.4) is 0 Å². The summed E-state index contributed by atoms with van der Waals surface area (Å²) in [5.41, 5.74) is 19.2. The van der Waals surface area contributed by atoms with E-state index in [0.717, 1.165) is 57.3 Å². The molecule has 0 aliphatic rings. The maximum atomic E-state index is 9.64. The molecule has 54 heavy (non-hydrogen) atoms. The number of phenolic OH excluding ortho intramolecular Hbond substituents is 4. The van der Waals surface area contributed by atoms with Crippen molar-refractivity contribution in [2.24, 2.45) is 0 Å². The van der Waals surface area contributed by atoms with Gasteiger partial charge >= 0.3 is 0 Å². The highest BCUT2D eigenvalue weighted by atomic mass is 16.3. The van der Waals surface area contributed by atoms with E-state index in [0.29, 0.717) is 23.0 Å². The summed E-state index contributed by atoms with van der Waals surface area (Å²) >= 11 is 0. The predicted octanol–water partition coefficient (Wildman–Crippen LogP) is 12.5. The maximum Gasteiger partial charge on any atom is 0.118 e. The SMILES string of the molecule is Cc1cc(C)c(C)cc1C.Cc1cc(C)c(C)cc1C.Cc1cc(Cc2ccc(C)c(O)c2)ccc1O.Cc1cc(Cc2ccc(O)c(C)c2)ccc1O. The molecule has 284 valence electrons. The van der Waals surface area contributed by atoms with Crippen LogP contribution in [0.25, 0.3) is 0 Å². The van der Waals surface area contributed by atoms with Gasteiger partial charge in [0.2, 0.25) is 0 Å². The summed E-state index contributed by atoms with van der Waals surface area (Å²) in [5, 5.41) is 38.0. The molecule has 0 bridgehead atoms. The van der Waals surface area contributed by atoms with E-state index in [1.54, 1.807) is 24.3 Å². The summed E-state index contributed by atoms with van der Waals surface area (Å²) in [4.78, 5) is 0. The first-order valence-electron chi connectivity index (χ1n) is 18.6. The first kappa shape index (κ1) is 42.9. The molecule has 0 unspecified atom stereocenters. The molecule has 6 aromatic rings. The maximum absolute atomic E-state index is 9.64. The molecule has 0 heterocycles. The lowest BCUT2D eigenvalue weighted by molar-refractivity contribution is 0.469. The summed E-state index contributed by atoms with van der Waals surface area (Å²) in [6.45, 7) is 24.8. The van der Waals surface area contributed by atoms with Crippen LogP contribution < -0.4 is 0 Å². The van der Waals surface area contributed by atoms with Crippen molar-refractivity contribution in [2.75, 3.05) is 0 Å². The van der Waals surface area contributed by atoms with E-state index < -0.39 is 0 Å². The Morgan fingerprint density at radius 1 is 0.241 bits per heavy atom. The molecule has 0 amide bonds. The van der Waals surface area contributed by atoms with Crippen LogP contribution in [0.2, 0.25) is 0 Å². The van der Waals surface area contributed by atoms with E-state index in [4.69, 9.17) is 0 Å². The highest BCUT2D eigenvalue weighted by Gasteiger charge is 2.04. The monoisotopic (exact) mass is 724 g/mol. The highest BCUT2D eigenvalue weighted by molar-refractivity contribution is 5.42. The Balaban J connectivity index is 0.000000200. The minimum atomic E-state index is 0.320. The fourth-order valence-electron chi connectivity index (χ4n) is 5.93. The molecule has 4 nitrogen and oxygen atoms in total. The Hall–Kier alpha value is -5.48. The van der Waals surface area contributed by atoms with Crippen LogP contribution in [-0.4, -0.2) is 20.4 Å². The van der Waals surface area contributed by atoms with Crippen molar-refractivity contribution in [1.82, 2.24) is 0 Å². The van der Waals surface area contributed by atoms with Gasteiger partial charge in [-0.2, -0.15) is 0 Å². The van der Waals surface area contributed by atoms with E-state index in [-0.39, 0.29) is 0 Å². The molecular formula is C50H60O4. The highest BCUT2D eigenvalue weighted by Crippen LogP contribution is 2.24. The summed E-state index contributed by atoms with van der Waals surface area (Å²) in [5.74, 6) is 1.31. The van der Waals surface area contributed by atoms with Gasteiger partial charge < -0.3 is 20.4 Å².